The van der Waals surface area contributed by atoms with Crippen molar-refractivity contribution in [3.63, 3.8) is 0 Å². The second-order valence-corrected chi connectivity index (χ2v) is 5.45. The first-order chi connectivity index (χ1) is 11.6. The van der Waals surface area contributed by atoms with Crippen LogP contribution < -0.4 is 10.9 Å². The van der Waals surface area contributed by atoms with Crippen LogP contribution in [0.2, 0.25) is 0 Å². The fourth-order valence-corrected chi connectivity index (χ4v) is 2.60. The SMILES string of the molecule is Cc1ccc(CNC(=O)Cn2ncn3c(cc4occc43)c2=O)o1. The van der Waals surface area contributed by atoms with Gasteiger partial charge >= 0.3 is 0 Å². The topological polar surface area (TPSA) is 94.7 Å². The average Bonchev–Trinajstić information content (AvgIpc) is 3.24. The van der Waals surface area contributed by atoms with Gasteiger partial charge in [0.25, 0.3) is 5.56 Å². The van der Waals surface area contributed by atoms with Crippen LogP contribution in [0.25, 0.3) is 16.6 Å². The summed E-state index contributed by atoms with van der Waals surface area (Å²) in [4.78, 5) is 24.5. The van der Waals surface area contributed by atoms with Crippen molar-refractivity contribution in [2.24, 2.45) is 0 Å². The van der Waals surface area contributed by atoms with Crippen molar-refractivity contribution in [1.29, 1.82) is 0 Å². The fraction of sp³-hybridized carbons (Fsp3) is 0.188. The van der Waals surface area contributed by atoms with Gasteiger partial charge in [-0.25, -0.2) is 4.68 Å². The van der Waals surface area contributed by atoms with Gasteiger partial charge < -0.3 is 14.2 Å². The van der Waals surface area contributed by atoms with Gasteiger partial charge in [0.05, 0.1) is 18.3 Å². The van der Waals surface area contributed by atoms with Crippen LogP contribution in [0.1, 0.15) is 11.5 Å². The van der Waals surface area contributed by atoms with E-state index >= 15 is 0 Å². The molecule has 0 aliphatic rings. The molecule has 0 atom stereocenters. The van der Waals surface area contributed by atoms with E-state index in [4.69, 9.17) is 8.83 Å². The van der Waals surface area contributed by atoms with Gasteiger partial charge in [0, 0.05) is 12.1 Å². The molecule has 0 saturated heterocycles. The van der Waals surface area contributed by atoms with Crippen molar-refractivity contribution in [3.05, 3.63) is 58.7 Å². The number of fused-ring (bicyclic) bond motifs is 3. The van der Waals surface area contributed by atoms with Crippen molar-refractivity contribution >= 4 is 22.5 Å². The number of rotatable bonds is 4. The predicted molar refractivity (Wildman–Crippen MR) is 84.5 cm³/mol. The molecule has 0 aliphatic heterocycles. The van der Waals surface area contributed by atoms with E-state index in [9.17, 15) is 9.59 Å². The minimum Gasteiger partial charge on any atom is -0.465 e. The molecule has 8 nitrogen and oxygen atoms in total. The molecule has 0 radical (unpaired) electrons. The molecule has 0 aliphatic carbocycles. The monoisotopic (exact) mass is 326 g/mol. The predicted octanol–water partition coefficient (Wildman–Crippen LogP) is 1.46. The van der Waals surface area contributed by atoms with Gasteiger partial charge in [-0.3, -0.25) is 14.0 Å². The second-order valence-electron chi connectivity index (χ2n) is 5.45. The number of carbonyl (C=O) groups excluding carboxylic acids is 1. The van der Waals surface area contributed by atoms with Crippen LogP contribution in [-0.2, 0) is 17.9 Å². The Balaban J connectivity index is 1.54. The maximum Gasteiger partial charge on any atom is 0.291 e. The highest BCUT2D eigenvalue weighted by Gasteiger charge is 2.13. The number of aryl methyl sites for hydroxylation is 1. The summed E-state index contributed by atoms with van der Waals surface area (Å²) in [5.74, 6) is 1.11. The zero-order chi connectivity index (χ0) is 16.7. The minimum absolute atomic E-state index is 0.165. The fourth-order valence-electron chi connectivity index (χ4n) is 2.60. The van der Waals surface area contributed by atoms with Gasteiger partial charge in [0.15, 0.2) is 5.58 Å². The Morgan fingerprint density at radius 2 is 2.17 bits per heavy atom. The Kier molecular flexibility index (Phi) is 3.23. The molecule has 4 heterocycles. The Bertz CT molecular complexity index is 1100. The Labute approximate surface area is 135 Å². The lowest BCUT2D eigenvalue weighted by atomic mass is 10.4. The zero-order valence-electron chi connectivity index (χ0n) is 12.9. The number of carbonyl (C=O) groups is 1. The highest BCUT2D eigenvalue weighted by molar-refractivity contribution is 5.82. The Hall–Kier alpha value is -3.29. The first kappa shape index (κ1) is 14.3. The van der Waals surface area contributed by atoms with Crippen LogP contribution >= 0.6 is 0 Å². The Morgan fingerprint density at radius 3 is 2.96 bits per heavy atom. The highest BCUT2D eigenvalue weighted by atomic mass is 16.3. The summed E-state index contributed by atoms with van der Waals surface area (Å²) in [6, 6.07) is 7.01. The molecule has 4 aromatic heterocycles. The van der Waals surface area contributed by atoms with Gasteiger partial charge in [-0.1, -0.05) is 0 Å². The summed E-state index contributed by atoms with van der Waals surface area (Å²) < 4.78 is 13.4. The molecule has 0 bridgehead atoms. The third-order valence-electron chi connectivity index (χ3n) is 3.77. The van der Waals surface area contributed by atoms with Crippen LogP contribution in [-0.4, -0.2) is 20.1 Å². The molecule has 1 amide bonds. The summed E-state index contributed by atoms with van der Waals surface area (Å²) in [6.07, 6.45) is 3.05. The van der Waals surface area contributed by atoms with Gasteiger partial charge in [-0.2, -0.15) is 5.10 Å². The van der Waals surface area contributed by atoms with E-state index < -0.39 is 0 Å². The molecule has 0 aromatic carbocycles. The number of hydrogen-bond acceptors (Lipinski definition) is 5. The summed E-state index contributed by atoms with van der Waals surface area (Å²) >= 11 is 0. The summed E-state index contributed by atoms with van der Waals surface area (Å²) in [7, 11) is 0. The minimum atomic E-state index is -0.354. The van der Waals surface area contributed by atoms with Crippen molar-refractivity contribution in [2.45, 2.75) is 20.0 Å². The van der Waals surface area contributed by atoms with Crippen LogP contribution in [0.3, 0.4) is 0 Å². The largest absolute Gasteiger partial charge is 0.465 e. The van der Waals surface area contributed by atoms with Crippen LogP contribution in [0.4, 0.5) is 0 Å². The molecule has 1 N–H and O–H groups in total. The van der Waals surface area contributed by atoms with Gasteiger partial charge in [-0.05, 0) is 19.1 Å². The molecule has 8 heteroatoms. The van der Waals surface area contributed by atoms with Crippen LogP contribution in [0.5, 0.6) is 0 Å². The maximum absolute atomic E-state index is 12.4. The van der Waals surface area contributed by atoms with E-state index in [-0.39, 0.29) is 24.6 Å². The van der Waals surface area contributed by atoms with Gasteiger partial charge in [0.2, 0.25) is 5.91 Å². The third-order valence-corrected chi connectivity index (χ3v) is 3.77. The van der Waals surface area contributed by atoms with Crippen molar-refractivity contribution in [2.75, 3.05) is 0 Å². The van der Waals surface area contributed by atoms with E-state index in [0.717, 1.165) is 16.0 Å². The lowest BCUT2D eigenvalue weighted by molar-refractivity contribution is -0.122. The maximum atomic E-state index is 12.4. The van der Waals surface area contributed by atoms with E-state index in [0.29, 0.717) is 16.9 Å². The molecule has 24 heavy (non-hydrogen) atoms. The van der Waals surface area contributed by atoms with Crippen LogP contribution in [0.15, 0.2) is 50.5 Å². The standard InChI is InChI=1S/C16H14N4O4/c1-10-2-3-11(24-10)7-17-15(21)8-20-16(22)13-6-14-12(4-5-23-14)19(13)9-18-20/h2-6,9H,7-8H2,1H3,(H,17,21). The van der Waals surface area contributed by atoms with E-state index in [2.05, 4.69) is 10.4 Å². The van der Waals surface area contributed by atoms with Crippen molar-refractivity contribution < 1.29 is 13.6 Å². The first-order valence-electron chi connectivity index (χ1n) is 7.38. The lowest BCUT2D eigenvalue weighted by Gasteiger charge is -2.06. The highest BCUT2D eigenvalue weighted by Crippen LogP contribution is 2.18. The average molecular weight is 326 g/mol. The number of aromatic nitrogens is 3. The first-order valence-corrected chi connectivity index (χ1v) is 7.38. The molecule has 0 fully saturated rings. The quantitative estimate of drug-likeness (QED) is 0.612. The van der Waals surface area contributed by atoms with E-state index in [1.165, 1.54) is 6.33 Å². The number of nitrogens with one attached hydrogen (secondary N) is 1. The number of hydrogen-bond donors (Lipinski definition) is 1. The van der Waals surface area contributed by atoms with E-state index in [1.807, 2.05) is 13.0 Å². The smallest absolute Gasteiger partial charge is 0.291 e. The van der Waals surface area contributed by atoms with Crippen LogP contribution in [0, 0.1) is 6.92 Å². The molecule has 0 unspecified atom stereocenters. The summed E-state index contributed by atoms with van der Waals surface area (Å²) in [5.41, 5.74) is 1.42. The second kappa shape index (κ2) is 5.41. The van der Waals surface area contributed by atoms with Crippen molar-refractivity contribution in [1.82, 2.24) is 19.5 Å². The third kappa shape index (κ3) is 2.37. The molecule has 4 aromatic rings. The molecule has 4 rings (SSSR count). The lowest BCUT2D eigenvalue weighted by Crippen LogP contribution is -2.33. The van der Waals surface area contributed by atoms with Gasteiger partial charge in [0.1, 0.15) is 29.9 Å². The normalized spacial score (nSPS) is 11.4. The van der Waals surface area contributed by atoms with Crippen molar-refractivity contribution in [3.8, 4) is 0 Å². The summed E-state index contributed by atoms with van der Waals surface area (Å²) in [5, 5.41) is 6.75. The molecule has 0 spiro atoms. The Morgan fingerprint density at radius 1 is 1.29 bits per heavy atom. The number of amides is 1. The molecular formula is C16H14N4O4. The van der Waals surface area contributed by atoms with Gasteiger partial charge in [-0.15, -0.1) is 0 Å². The molecular weight excluding hydrogens is 312 g/mol. The molecule has 122 valence electrons. The molecule has 0 saturated carbocycles. The number of nitrogens with zero attached hydrogens (tertiary/aromatic N) is 3. The zero-order valence-corrected chi connectivity index (χ0v) is 12.9. The van der Waals surface area contributed by atoms with E-state index in [1.54, 1.807) is 28.9 Å². The number of furan rings is 2. The summed E-state index contributed by atoms with van der Waals surface area (Å²) in [6.45, 7) is 1.93.